The molecule has 2 aromatic carbocycles. The molecular formula is C18H19ClFN. The summed E-state index contributed by atoms with van der Waals surface area (Å²) in [4.78, 5) is 0. The van der Waals surface area contributed by atoms with Crippen molar-refractivity contribution in [2.75, 3.05) is 0 Å². The minimum atomic E-state index is -0.302. The summed E-state index contributed by atoms with van der Waals surface area (Å²) in [6.45, 7) is 0. The first-order valence-corrected chi connectivity index (χ1v) is 7.81. The molecular weight excluding hydrogens is 285 g/mol. The van der Waals surface area contributed by atoms with E-state index in [1.165, 1.54) is 11.1 Å². The third-order valence-electron chi connectivity index (χ3n) is 4.46. The largest absolute Gasteiger partial charge is 0.324 e. The van der Waals surface area contributed by atoms with E-state index < -0.39 is 0 Å². The summed E-state index contributed by atoms with van der Waals surface area (Å²) < 4.78 is 14.1. The van der Waals surface area contributed by atoms with Crippen molar-refractivity contribution in [3.63, 3.8) is 0 Å². The van der Waals surface area contributed by atoms with Crippen LogP contribution in [0.3, 0.4) is 0 Å². The van der Waals surface area contributed by atoms with Crippen molar-refractivity contribution in [2.24, 2.45) is 11.7 Å². The fraction of sp³-hybridized carbons (Fsp3) is 0.333. The van der Waals surface area contributed by atoms with Gasteiger partial charge in [0.25, 0.3) is 0 Å². The summed E-state index contributed by atoms with van der Waals surface area (Å²) in [6, 6.07) is 13.5. The fourth-order valence-corrected chi connectivity index (χ4v) is 3.49. The summed E-state index contributed by atoms with van der Waals surface area (Å²) in [7, 11) is 0. The number of benzene rings is 2. The molecule has 0 saturated carbocycles. The molecule has 0 radical (unpaired) electrons. The first-order valence-electron chi connectivity index (χ1n) is 7.43. The van der Waals surface area contributed by atoms with Gasteiger partial charge >= 0.3 is 0 Å². The van der Waals surface area contributed by atoms with E-state index in [4.69, 9.17) is 17.3 Å². The Labute approximate surface area is 129 Å². The van der Waals surface area contributed by atoms with E-state index in [9.17, 15) is 4.39 Å². The van der Waals surface area contributed by atoms with Gasteiger partial charge in [-0.3, -0.25) is 0 Å². The lowest BCUT2D eigenvalue weighted by Crippen LogP contribution is -2.23. The van der Waals surface area contributed by atoms with Gasteiger partial charge in [0.1, 0.15) is 5.82 Å². The quantitative estimate of drug-likeness (QED) is 0.801. The second kappa shape index (κ2) is 6.17. The Morgan fingerprint density at radius 1 is 1.14 bits per heavy atom. The number of nitrogens with two attached hydrogens (primary N) is 1. The predicted molar refractivity (Wildman–Crippen MR) is 84.9 cm³/mol. The molecule has 0 fully saturated rings. The van der Waals surface area contributed by atoms with Crippen LogP contribution in [0.15, 0.2) is 42.5 Å². The molecule has 0 saturated heterocycles. The Morgan fingerprint density at radius 2 is 1.95 bits per heavy atom. The maximum atomic E-state index is 14.1. The molecule has 0 amide bonds. The normalized spacial score (nSPS) is 21.7. The molecule has 0 aliphatic heterocycles. The number of aryl methyl sites for hydroxylation is 1. The molecule has 1 aliphatic rings. The van der Waals surface area contributed by atoms with Crippen LogP contribution in [-0.2, 0) is 12.8 Å². The summed E-state index contributed by atoms with van der Waals surface area (Å²) >= 11 is 5.87. The molecule has 1 aliphatic carbocycles. The lowest BCUT2D eigenvalue weighted by atomic mass is 9.86. The second-order valence-electron chi connectivity index (χ2n) is 5.79. The molecule has 0 heterocycles. The molecule has 2 N–H and O–H groups in total. The van der Waals surface area contributed by atoms with E-state index >= 15 is 0 Å². The van der Waals surface area contributed by atoms with Gasteiger partial charge in [-0.25, -0.2) is 4.39 Å². The molecule has 1 nitrogen and oxygen atoms in total. The number of fused-ring (bicyclic) bond motifs is 1. The van der Waals surface area contributed by atoms with E-state index in [1.54, 1.807) is 12.1 Å². The smallest absolute Gasteiger partial charge is 0.144 e. The van der Waals surface area contributed by atoms with E-state index in [2.05, 4.69) is 18.2 Å². The van der Waals surface area contributed by atoms with Crippen molar-refractivity contribution in [3.8, 4) is 0 Å². The highest BCUT2D eigenvalue weighted by atomic mass is 35.5. The van der Waals surface area contributed by atoms with Crippen LogP contribution in [-0.4, -0.2) is 0 Å². The Bertz CT molecular complexity index is 641. The maximum absolute atomic E-state index is 14.1. The molecule has 2 atom stereocenters. The first kappa shape index (κ1) is 14.6. The fourth-order valence-electron chi connectivity index (χ4n) is 3.29. The number of hydrogen-bond acceptors (Lipinski definition) is 1. The molecule has 0 aromatic heterocycles. The number of rotatable bonds is 2. The zero-order valence-corrected chi connectivity index (χ0v) is 12.6. The Balaban J connectivity index is 1.88. The minimum Gasteiger partial charge on any atom is -0.324 e. The van der Waals surface area contributed by atoms with Crippen LogP contribution in [0, 0.1) is 11.7 Å². The highest BCUT2D eigenvalue weighted by Gasteiger charge is 2.25. The molecule has 3 heteroatoms. The summed E-state index contributed by atoms with van der Waals surface area (Å²) in [5.41, 5.74) is 9.68. The van der Waals surface area contributed by atoms with Crippen molar-refractivity contribution in [1.82, 2.24) is 0 Å². The van der Waals surface area contributed by atoms with Crippen LogP contribution in [0.5, 0.6) is 0 Å². The van der Waals surface area contributed by atoms with Crippen LogP contribution in [0.1, 0.15) is 35.6 Å². The lowest BCUT2D eigenvalue weighted by molar-refractivity contribution is 0.396. The van der Waals surface area contributed by atoms with Crippen molar-refractivity contribution in [1.29, 1.82) is 0 Å². The van der Waals surface area contributed by atoms with Gasteiger partial charge in [-0.15, -0.1) is 0 Å². The van der Waals surface area contributed by atoms with Crippen molar-refractivity contribution < 1.29 is 4.39 Å². The highest BCUT2D eigenvalue weighted by Crippen LogP contribution is 2.34. The van der Waals surface area contributed by atoms with Crippen molar-refractivity contribution in [3.05, 3.63) is 70.0 Å². The number of halogens is 2. The van der Waals surface area contributed by atoms with E-state index in [-0.39, 0.29) is 22.8 Å². The van der Waals surface area contributed by atoms with Crippen molar-refractivity contribution >= 4 is 11.6 Å². The molecule has 0 spiro atoms. The van der Waals surface area contributed by atoms with Gasteiger partial charge in [-0.1, -0.05) is 48.0 Å². The SMILES string of the molecule is NC1c2ccccc2CCCC1Cc1cccc(Cl)c1F. The second-order valence-corrected chi connectivity index (χ2v) is 6.20. The summed E-state index contributed by atoms with van der Waals surface area (Å²) in [5.74, 6) is -0.0504. The maximum Gasteiger partial charge on any atom is 0.144 e. The van der Waals surface area contributed by atoms with Crippen molar-refractivity contribution in [2.45, 2.75) is 31.7 Å². The zero-order chi connectivity index (χ0) is 14.8. The predicted octanol–water partition coefficient (Wildman–Crippen LogP) is 4.67. The highest BCUT2D eigenvalue weighted by molar-refractivity contribution is 6.30. The Hall–Kier alpha value is -1.38. The van der Waals surface area contributed by atoms with Gasteiger partial charge in [-0.2, -0.15) is 0 Å². The first-order chi connectivity index (χ1) is 10.2. The van der Waals surface area contributed by atoms with Crippen LogP contribution in [0.25, 0.3) is 0 Å². The third-order valence-corrected chi connectivity index (χ3v) is 4.75. The van der Waals surface area contributed by atoms with E-state index in [1.807, 2.05) is 12.1 Å². The summed E-state index contributed by atoms with van der Waals surface area (Å²) in [6.07, 6.45) is 3.81. The Kier molecular flexibility index (Phi) is 4.27. The Morgan fingerprint density at radius 3 is 2.81 bits per heavy atom. The topological polar surface area (TPSA) is 26.0 Å². The minimum absolute atomic E-state index is 0.0397. The zero-order valence-electron chi connectivity index (χ0n) is 11.9. The molecule has 2 aromatic rings. The third kappa shape index (κ3) is 2.97. The average molecular weight is 304 g/mol. The monoisotopic (exact) mass is 303 g/mol. The average Bonchev–Trinajstić information content (AvgIpc) is 2.65. The standard InChI is InChI=1S/C18H19ClFN/c19-16-10-4-7-13(17(16)20)11-14-8-3-6-12-5-1-2-9-15(12)18(14)21/h1-2,4-5,7,9-10,14,18H,3,6,8,11,21H2. The number of hydrogen-bond donors (Lipinski definition) is 1. The van der Waals surface area contributed by atoms with Gasteiger partial charge < -0.3 is 5.73 Å². The van der Waals surface area contributed by atoms with E-state index in [0.717, 1.165) is 19.3 Å². The molecule has 0 bridgehead atoms. The molecule has 21 heavy (non-hydrogen) atoms. The molecule has 3 rings (SSSR count). The molecule has 2 unspecified atom stereocenters. The van der Waals surface area contributed by atoms with Gasteiger partial charge in [0.05, 0.1) is 5.02 Å². The van der Waals surface area contributed by atoms with Crippen LogP contribution in [0.2, 0.25) is 5.02 Å². The van der Waals surface area contributed by atoms with Gasteiger partial charge in [0.15, 0.2) is 0 Å². The van der Waals surface area contributed by atoms with Crippen LogP contribution >= 0.6 is 11.6 Å². The lowest BCUT2D eigenvalue weighted by Gasteiger charge is -2.23. The van der Waals surface area contributed by atoms with Gasteiger partial charge in [0, 0.05) is 6.04 Å². The van der Waals surface area contributed by atoms with Crippen LogP contribution < -0.4 is 5.73 Å². The van der Waals surface area contributed by atoms with Gasteiger partial charge in [0.2, 0.25) is 0 Å². The van der Waals surface area contributed by atoms with Gasteiger partial charge in [-0.05, 0) is 54.4 Å². The van der Waals surface area contributed by atoms with Crippen LogP contribution in [0.4, 0.5) is 4.39 Å². The van der Waals surface area contributed by atoms with E-state index in [0.29, 0.717) is 12.0 Å². The molecule has 110 valence electrons. The summed E-state index contributed by atoms with van der Waals surface area (Å²) in [5, 5.41) is 0.190.